The average Bonchev–Trinajstić information content (AvgIpc) is 2.66. The molecule has 1 atom stereocenters. The number of hydrogen-bond acceptors (Lipinski definition) is 5. The van der Waals surface area contributed by atoms with Gasteiger partial charge >= 0.3 is 0 Å². The van der Waals surface area contributed by atoms with E-state index < -0.39 is 15.7 Å². The topological polar surface area (TPSA) is 96.4 Å². The molecule has 0 spiro atoms. The minimum Gasteiger partial charge on any atom is -0.505 e. The van der Waals surface area contributed by atoms with Crippen LogP contribution in [0.5, 0.6) is 5.75 Å². The van der Waals surface area contributed by atoms with Crippen LogP contribution < -0.4 is 5.32 Å². The molecule has 1 aromatic rings. The highest BCUT2D eigenvalue weighted by atomic mass is 32.2. The lowest BCUT2D eigenvalue weighted by Crippen LogP contribution is -2.29. The SMILES string of the molecule is O=C(NCC1CCS(=O)(=O)C1)c1ccncc1O. The monoisotopic (exact) mass is 270 g/mol. The summed E-state index contributed by atoms with van der Waals surface area (Å²) in [6.07, 6.45) is 3.18. The van der Waals surface area contributed by atoms with Gasteiger partial charge in [0.05, 0.1) is 23.3 Å². The smallest absolute Gasteiger partial charge is 0.255 e. The van der Waals surface area contributed by atoms with Gasteiger partial charge in [0, 0.05) is 12.7 Å². The Hall–Kier alpha value is -1.63. The van der Waals surface area contributed by atoms with Gasteiger partial charge in [-0.25, -0.2) is 8.42 Å². The van der Waals surface area contributed by atoms with E-state index in [0.29, 0.717) is 13.0 Å². The summed E-state index contributed by atoms with van der Waals surface area (Å²) in [5.74, 6) is -0.333. The third-order valence-electron chi connectivity index (χ3n) is 2.92. The zero-order valence-corrected chi connectivity index (χ0v) is 10.5. The minimum absolute atomic E-state index is 0.0390. The fourth-order valence-corrected chi connectivity index (χ4v) is 3.81. The standard InChI is InChI=1S/C11H14N2O4S/c14-10-6-12-3-1-9(10)11(15)13-5-8-2-4-18(16,17)7-8/h1,3,6,8,14H,2,4-5,7H2,(H,13,15). The molecule has 2 heterocycles. The first kappa shape index (κ1) is 12.8. The van der Waals surface area contributed by atoms with Crippen molar-refractivity contribution in [2.45, 2.75) is 6.42 Å². The van der Waals surface area contributed by atoms with Gasteiger partial charge in [0.2, 0.25) is 0 Å². The molecule has 2 rings (SSSR count). The number of carbonyl (C=O) groups is 1. The number of rotatable bonds is 3. The highest BCUT2D eigenvalue weighted by Gasteiger charge is 2.28. The van der Waals surface area contributed by atoms with Crippen LogP contribution in [0.25, 0.3) is 0 Å². The van der Waals surface area contributed by atoms with Crippen LogP contribution in [0.4, 0.5) is 0 Å². The molecular weight excluding hydrogens is 256 g/mol. The molecule has 0 aromatic carbocycles. The highest BCUT2D eigenvalue weighted by Crippen LogP contribution is 2.18. The number of nitrogens with one attached hydrogen (secondary N) is 1. The summed E-state index contributed by atoms with van der Waals surface area (Å²) in [5.41, 5.74) is 0.144. The molecular formula is C11H14N2O4S. The summed E-state index contributed by atoms with van der Waals surface area (Å²) in [6, 6.07) is 1.41. The van der Waals surface area contributed by atoms with Crippen LogP contribution in [0.1, 0.15) is 16.8 Å². The van der Waals surface area contributed by atoms with Crippen LogP contribution in [-0.2, 0) is 9.84 Å². The molecule has 1 amide bonds. The lowest BCUT2D eigenvalue weighted by molar-refractivity contribution is 0.0945. The first-order chi connectivity index (χ1) is 8.48. The van der Waals surface area contributed by atoms with E-state index in [1.807, 2.05) is 0 Å². The van der Waals surface area contributed by atoms with Crippen molar-refractivity contribution in [1.82, 2.24) is 10.3 Å². The van der Waals surface area contributed by atoms with Crippen LogP contribution in [0.2, 0.25) is 0 Å². The summed E-state index contributed by atoms with van der Waals surface area (Å²) < 4.78 is 22.5. The average molecular weight is 270 g/mol. The lowest BCUT2D eigenvalue weighted by Gasteiger charge is -2.10. The van der Waals surface area contributed by atoms with Crippen molar-refractivity contribution in [1.29, 1.82) is 0 Å². The van der Waals surface area contributed by atoms with E-state index in [2.05, 4.69) is 10.3 Å². The fraction of sp³-hybridized carbons (Fsp3) is 0.455. The van der Waals surface area contributed by atoms with Gasteiger partial charge in [-0.15, -0.1) is 0 Å². The Bertz CT molecular complexity index is 556. The molecule has 7 heteroatoms. The fourth-order valence-electron chi connectivity index (χ4n) is 1.94. The number of sulfone groups is 1. The number of aromatic hydroxyl groups is 1. The van der Waals surface area contributed by atoms with E-state index in [-0.39, 0.29) is 28.7 Å². The Balaban J connectivity index is 1.92. The summed E-state index contributed by atoms with van der Waals surface area (Å²) in [5, 5.41) is 12.1. The molecule has 1 aliphatic heterocycles. The van der Waals surface area contributed by atoms with E-state index >= 15 is 0 Å². The molecule has 0 aliphatic carbocycles. The molecule has 0 bridgehead atoms. The molecule has 1 unspecified atom stereocenters. The van der Waals surface area contributed by atoms with Crippen molar-refractivity contribution >= 4 is 15.7 Å². The van der Waals surface area contributed by atoms with E-state index in [9.17, 15) is 18.3 Å². The summed E-state index contributed by atoms with van der Waals surface area (Å²) >= 11 is 0. The van der Waals surface area contributed by atoms with E-state index in [1.54, 1.807) is 0 Å². The quantitative estimate of drug-likeness (QED) is 0.803. The molecule has 98 valence electrons. The second-order valence-electron chi connectivity index (χ2n) is 4.37. The van der Waals surface area contributed by atoms with Gasteiger partial charge < -0.3 is 10.4 Å². The molecule has 0 saturated carbocycles. The van der Waals surface area contributed by atoms with Crippen molar-refractivity contribution in [3.05, 3.63) is 24.0 Å². The van der Waals surface area contributed by atoms with E-state index in [4.69, 9.17) is 0 Å². The largest absolute Gasteiger partial charge is 0.505 e. The maximum Gasteiger partial charge on any atom is 0.255 e. The number of aromatic nitrogens is 1. The van der Waals surface area contributed by atoms with Gasteiger partial charge in [0.25, 0.3) is 5.91 Å². The Morgan fingerprint density at radius 3 is 2.94 bits per heavy atom. The van der Waals surface area contributed by atoms with Crippen LogP contribution in [0, 0.1) is 5.92 Å². The lowest BCUT2D eigenvalue weighted by atomic mass is 10.1. The molecule has 2 N–H and O–H groups in total. The predicted octanol–water partition coefficient (Wildman–Crippen LogP) is -0.0483. The minimum atomic E-state index is -2.93. The van der Waals surface area contributed by atoms with Crippen molar-refractivity contribution in [2.24, 2.45) is 5.92 Å². The Labute approximate surface area is 105 Å². The van der Waals surface area contributed by atoms with Crippen molar-refractivity contribution < 1.29 is 18.3 Å². The summed E-state index contributed by atoms with van der Waals surface area (Å²) in [7, 11) is -2.93. The van der Waals surface area contributed by atoms with E-state index in [1.165, 1.54) is 18.5 Å². The van der Waals surface area contributed by atoms with Gasteiger partial charge in [-0.05, 0) is 18.4 Å². The molecule has 18 heavy (non-hydrogen) atoms. The number of carbonyl (C=O) groups excluding carboxylic acids is 1. The molecule has 1 aliphatic rings. The van der Waals surface area contributed by atoms with Gasteiger partial charge in [0.1, 0.15) is 5.75 Å². The Kier molecular flexibility index (Phi) is 3.51. The van der Waals surface area contributed by atoms with Crippen molar-refractivity contribution in [3.8, 4) is 5.75 Å². The third-order valence-corrected chi connectivity index (χ3v) is 4.76. The Morgan fingerprint density at radius 2 is 2.33 bits per heavy atom. The number of nitrogens with zero attached hydrogens (tertiary/aromatic N) is 1. The first-order valence-corrected chi connectivity index (χ1v) is 7.42. The highest BCUT2D eigenvalue weighted by molar-refractivity contribution is 7.91. The maximum absolute atomic E-state index is 11.7. The molecule has 1 saturated heterocycles. The summed E-state index contributed by atoms with van der Waals surface area (Å²) in [4.78, 5) is 15.4. The second-order valence-corrected chi connectivity index (χ2v) is 6.60. The second kappa shape index (κ2) is 4.93. The van der Waals surface area contributed by atoms with Crippen LogP contribution in [-0.4, -0.2) is 42.5 Å². The third kappa shape index (κ3) is 2.98. The zero-order chi connectivity index (χ0) is 13.2. The summed E-state index contributed by atoms with van der Waals surface area (Å²) in [6.45, 7) is 0.305. The van der Waals surface area contributed by atoms with Crippen molar-refractivity contribution in [2.75, 3.05) is 18.1 Å². The predicted molar refractivity (Wildman–Crippen MR) is 65.0 cm³/mol. The molecule has 6 nitrogen and oxygen atoms in total. The van der Waals surface area contributed by atoms with Crippen LogP contribution >= 0.6 is 0 Å². The van der Waals surface area contributed by atoms with E-state index in [0.717, 1.165) is 0 Å². The zero-order valence-electron chi connectivity index (χ0n) is 9.67. The maximum atomic E-state index is 11.7. The van der Waals surface area contributed by atoms with Crippen LogP contribution in [0.3, 0.4) is 0 Å². The Morgan fingerprint density at radius 1 is 1.56 bits per heavy atom. The number of hydrogen-bond donors (Lipinski definition) is 2. The van der Waals surface area contributed by atoms with Crippen molar-refractivity contribution in [3.63, 3.8) is 0 Å². The first-order valence-electron chi connectivity index (χ1n) is 5.59. The number of amides is 1. The molecule has 1 aromatic heterocycles. The number of pyridine rings is 1. The van der Waals surface area contributed by atoms with Gasteiger partial charge in [-0.2, -0.15) is 0 Å². The van der Waals surface area contributed by atoms with Gasteiger partial charge in [-0.1, -0.05) is 0 Å². The van der Waals surface area contributed by atoms with Crippen LogP contribution in [0.15, 0.2) is 18.5 Å². The van der Waals surface area contributed by atoms with Gasteiger partial charge in [0.15, 0.2) is 9.84 Å². The molecule has 0 radical (unpaired) electrons. The van der Waals surface area contributed by atoms with Gasteiger partial charge in [-0.3, -0.25) is 9.78 Å². The molecule has 1 fully saturated rings. The normalized spacial score (nSPS) is 21.7.